The minimum Gasteiger partial charge on any atom is -0.187 e. The van der Waals surface area contributed by atoms with Crippen molar-refractivity contribution in [2.75, 3.05) is 0 Å². The van der Waals surface area contributed by atoms with Gasteiger partial charge in [0.25, 0.3) is 0 Å². The van der Waals surface area contributed by atoms with Crippen LogP contribution in [-0.2, 0) is 0 Å². The second kappa shape index (κ2) is 1.51. The number of nitrogens with one attached hydrogen (secondary N) is 1. The average molecular weight is 95.1 g/mol. The van der Waals surface area contributed by atoms with Gasteiger partial charge < -0.3 is 0 Å². The average Bonchev–Trinajstić information content (AvgIpc) is 2.14. The maximum Gasteiger partial charge on any atom is 0.379 e. The van der Waals surface area contributed by atoms with Crippen LogP contribution in [0.3, 0.4) is 0 Å². The number of hydrogen-bond donors (Lipinski definition) is 1. The standard InChI is InChI=1S/C3H3N4/c4-7-3-5-1-2-6-3/h1-2,4H/q+1. The Morgan fingerprint density at radius 1 is 1.43 bits per heavy atom. The van der Waals surface area contributed by atoms with Gasteiger partial charge >= 0.3 is 6.29 Å². The second-order valence-corrected chi connectivity index (χ2v) is 0.968. The van der Waals surface area contributed by atoms with Gasteiger partial charge in [-0.25, -0.2) is 0 Å². The highest BCUT2D eigenvalue weighted by atomic mass is 15.2. The monoisotopic (exact) mass is 95.0 g/mol. The molecular weight excluding hydrogens is 92.1 g/mol. The first-order valence-corrected chi connectivity index (χ1v) is 1.74. The van der Waals surface area contributed by atoms with Gasteiger partial charge in [-0.1, -0.05) is 9.98 Å². The van der Waals surface area contributed by atoms with Crippen LogP contribution in [0.15, 0.2) is 15.1 Å². The van der Waals surface area contributed by atoms with Crippen molar-refractivity contribution in [1.29, 1.82) is 5.53 Å². The van der Waals surface area contributed by atoms with Gasteiger partial charge in [-0.3, -0.25) is 0 Å². The van der Waals surface area contributed by atoms with Gasteiger partial charge in [0.1, 0.15) is 0 Å². The number of rotatable bonds is 1. The molecule has 0 aromatic heterocycles. The molecule has 0 fully saturated rings. The van der Waals surface area contributed by atoms with Crippen molar-refractivity contribution in [2.45, 2.75) is 0 Å². The van der Waals surface area contributed by atoms with Crippen LogP contribution in [0.2, 0.25) is 0 Å². The van der Waals surface area contributed by atoms with Crippen LogP contribution >= 0.6 is 0 Å². The van der Waals surface area contributed by atoms with Crippen molar-refractivity contribution in [2.24, 2.45) is 15.1 Å². The Kier molecular flexibility index (Phi) is 0.856. The number of hydrogen-bond acceptors (Lipinski definition) is 4. The first-order chi connectivity index (χ1) is 3.43. The normalized spacial score (nSPS) is 15.7. The van der Waals surface area contributed by atoms with Crippen LogP contribution in [0.4, 0.5) is 0 Å². The van der Waals surface area contributed by atoms with E-state index in [1.165, 1.54) is 12.4 Å². The fourth-order valence-corrected chi connectivity index (χ4v) is 0.291. The van der Waals surface area contributed by atoms with E-state index in [1.54, 1.807) is 0 Å². The number of nitrogens with zero attached hydrogens (tertiary/aromatic N) is 3. The molecule has 0 atom stereocenters. The lowest BCUT2D eigenvalue weighted by Gasteiger charge is -1.72. The summed E-state index contributed by atoms with van der Waals surface area (Å²) in [6.07, 6.45) is 3.21. The van der Waals surface area contributed by atoms with E-state index < -0.39 is 0 Å². The molecule has 0 saturated heterocycles. The van der Waals surface area contributed by atoms with Crippen LogP contribution < -0.4 is 0 Å². The van der Waals surface area contributed by atoms with Crippen LogP contribution in [-0.4, -0.2) is 12.4 Å². The van der Waals surface area contributed by atoms with Gasteiger partial charge in [0, 0.05) is 0 Å². The predicted molar refractivity (Wildman–Crippen MR) is 25.4 cm³/mol. The minimum absolute atomic E-state index is 0.222. The Balaban J connectivity index is 2.59. The zero-order chi connectivity index (χ0) is 5.11. The Morgan fingerprint density at radius 2 is 2.00 bits per heavy atom. The molecule has 0 aliphatic carbocycles. The van der Waals surface area contributed by atoms with Crippen molar-refractivity contribution < 1.29 is 0 Å². The molecule has 0 unspecified atom stereocenters. The topological polar surface area (TPSA) is 60.9 Å². The molecule has 4 nitrogen and oxygen atoms in total. The zero-order valence-corrected chi connectivity index (χ0v) is 3.50. The highest BCUT2D eigenvalue weighted by Gasteiger charge is 2.12. The Morgan fingerprint density at radius 3 is 2.29 bits per heavy atom. The molecular formula is C3H3N4+. The minimum atomic E-state index is 0.222. The lowest BCUT2D eigenvalue weighted by molar-refractivity contribution is 0.870. The molecule has 7 heavy (non-hydrogen) atoms. The molecule has 1 N–H and O–H groups in total. The van der Waals surface area contributed by atoms with Crippen molar-refractivity contribution in [1.82, 2.24) is 0 Å². The Bertz CT molecular complexity index is 113. The van der Waals surface area contributed by atoms with Crippen LogP contribution in [0, 0.1) is 11.8 Å². The summed E-state index contributed by atoms with van der Waals surface area (Å²) in [6.45, 7) is 0. The molecule has 0 saturated carbocycles. The summed E-state index contributed by atoms with van der Waals surface area (Å²) >= 11 is 0. The van der Waals surface area contributed by atoms with Crippen LogP contribution in [0.25, 0.3) is 0 Å². The van der Waals surface area contributed by atoms with E-state index in [2.05, 4.69) is 15.1 Å². The lowest BCUT2D eigenvalue weighted by atomic mass is 10.9. The van der Waals surface area contributed by atoms with Crippen LogP contribution in [0.1, 0.15) is 0 Å². The zero-order valence-electron chi connectivity index (χ0n) is 3.50. The van der Waals surface area contributed by atoms with E-state index in [4.69, 9.17) is 5.53 Å². The van der Waals surface area contributed by atoms with Gasteiger partial charge in [0.2, 0.25) is 0 Å². The molecule has 0 aromatic carbocycles. The maximum atomic E-state index is 6.36. The summed E-state index contributed by atoms with van der Waals surface area (Å²) < 4.78 is 0. The van der Waals surface area contributed by atoms with Gasteiger partial charge in [0.05, 0.1) is 0 Å². The molecule has 1 aliphatic heterocycles. The molecule has 1 rings (SSSR count). The smallest absolute Gasteiger partial charge is 0.187 e. The van der Waals surface area contributed by atoms with Crippen LogP contribution in [0.5, 0.6) is 0 Å². The molecule has 0 radical (unpaired) electrons. The quantitative estimate of drug-likeness (QED) is 0.366. The van der Waals surface area contributed by atoms with E-state index >= 15 is 0 Å². The molecule has 34 valence electrons. The first-order valence-electron chi connectivity index (χ1n) is 1.74. The summed E-state index contributed by atoms with van der Waals surface area (Å²) in [5, 5.41) is 2.96. The molecule has 1 heterocycles. The fourth-order valence-electron chi connectivity index (χ4n) is 0.291. The van der Waals surface area contributed by atoms with E-state index in [0.717, 1.165) is 0 Å². The molecule has 1 aliphatic rings. The molecule has 0 amide bonds. The summed E-state index contributed by atoms with van der Waals surface area (Å²) in [5.74, 6) is 0. The van der Waals surface area contributed by atoms with Crippen molar-refractivity contribution >= 4 is 12.4 Å². The van der Waals surface area contributed by atoms with Gasteiger partial charge in [-0.15, -0.1) is 0 Å². The Labute approximate surface area is 40.5 Å². The third-order valence-electron chi connectivity index (χ3n) is 0.547. The van der Waals surface area contributed by atoms with Gasteiger partial charge in [-0.2, -0.15) is 5.53 Å². The van der Waals surface area contributed by atoms with Gasteiger partial charge in [-0.05, 0) is 5.11 Å². The summed E-state index contributed by atoms with van der Waals surface area (Å²) in [5.41, 5.74) is 6.36. The van der Waals surface area contributed by atoms with E-state index in [9.17, 15) is 0 Å². The van der Waals surface area contributed by atoms with Crippen molar-refractivity contribution in [3.05, 3.63) is 6.29 Å². The SMILES string of the molecule is N=N[C+]1N=CC=N1. The van der Waals surface area contributed by atoms with E-state index in [-0.39, 0.29) is 6.29 Å². The third kappa shape index (κ3) is 0.623. The largest absolute Gasteiger partial charge is 0.379 e. The Hall–Kier alpha value is -1.19. The molecule has 0 aromatic rings. The fraction of sp³-hybridized carbons (Fsp3) is 0. The van der Waals surface area contributed by atoms with E-state index in [1.807, 2.05) is 0 Å². The molecule has 0 spiro atoms. The number of aliphatic imine (C=N–C) groups is 2. The summed E-state index contributed by atoms with van der Waals surface area (Å²) in [4.78, 5) is 7.14. The lowest BCUT2D eigenvalue weighted by Crippen LogP contribution is -1.71. The highest BCUT2D eigenvalue weighted by molar-refractivity contribution is 6.18. The second-order valence-electron chi connectivity index (χ2n) is 0.968. The predicted octanol–water partition coefficient (Wildman–Crippen LogP) is 0.620. The van der Waals surface area contributed by atoms with Crippen molar-refractivity contribution in [3.63, 3.8) is 0 Å². The van der Waals surface area contributed by atoms with Crippen molar-refractivity contribution in [3.8, 4) is 0 Å². The molecule has 4 heteroatoms. The van der Waals surface area contributed by atoms with E-state index in [0.29, 0.717) is 0 Å². The van der Waals surface area contributed by atoms with Gasteiger partial charge in [0.15, 0.2) is 12.4 Å². The maximum absolute atomic E-state index is 6.36. The first kappa shape index (κ1) is 3.98. The summed E-state index contributed by atoms with van der Waals surface area (Å²) in [7, 11) is 0. The summed E-state index contributed by atoms with van der Waals surface area (Å²) in [6, 6.07) is 0. The molecule has 0 bridgehead atoms. The highest BCUT2D eigenvalue weighted by Crippen LogP contribution is 2.05. The third-order valence-corrected chi connectivity index (χ3v) is 0.547.